The summed E-state index contributed by atoms with van der Waals surface area (Å²) >= 11 is 6.71. The lowest BCUT2D eigenvalue weighted by Gasteiger charge is -2.13. The Morgan fingerprint density at radius 3 is 2.62 bits per heavy atom. The van der Waals surface area contributed by atoms with Crippen molar-refractivity contribution in [2.24, 2.45) is 0 Å². The summed E-state index contributed by atoms with van der Waals surface area (Å²) in [6.07, 6.45) is 1.98. The monoisotopic (exact) mass is 568 g/mol. The smallest absolute Gasteiger partial charge is 0.339 e. The van der Waals surface area contributed by atoms with Crippen LogP contribution in [-0.4, -0.2) is 52.2 Å². The van der Waals surface area contributed by atoms with E-state index in [1.807, 2.05) is 6.92 Å². The molecule has 1 aliphatic rings. The van der Waals surface area contributed by atoms with Gasteiger partial charge in [0, 0.05) is 17.3 Å². The molecule has 0 aliphatic carbocycles. The van der Waals surface area contributed by atoms with Crippen molar-refractivity contribution in [3.8, 4) is 11.3 Å². The van der Waals surface area contributed by atoms with Gasteiger partial charge in [0.25, 0.3) is 11.1 Å². The van der Waals surface area contributed by atoms with Crippen molar-refractivity contribution in [1.29, 1.82) is 0 Å². The minimum Gasteiger partial charge on any atom is -0.478 e. The first kappa shape index (κ1) is 27.7. The minimum atomic E-state index is -1.12. The van der Waals surface area contributed by atoms with E-state index >= 15 is 0 Å². The molecule has 0 spiro atoms. The molecule has 10 nitrogen and oxygen atoms in total. The highest BCUT2D eigenvalue weighted by Gasteiger charge is 2.36. The summed E-state index contributed by atoms with van der Waals surface area (Å²) in [4.78, 5) is 62.4. The molecule has 0 saturated carbocycles. The van der Waals surface area contributed by atoms with E-state index in [-0.39, 0.29) is 44.9 Å². The van der Waals surface area contributed by atoms with Gasteiger partial charge in [-0.05, 0) is 54.6 Å². The number of anilines is 1. The van der Waals surface area contributed by atoms with Gasteiger partial charge in [-0.25, -0.2) is 9.59 Å². The largest absolute Gasteiger partial charge is 0.478 e. The van der Waals surface area contributed by atoms with Gasteiger partial charge in [0.1, 0.15) is 18.1 Å². The van der Waals surface area contributed by atoms with E-state index in [0.29, 0.717) is 23.7 Å². The molecule has 3 amide bonds. The molecule has 1 saturated heterocycles. The number of hydrogen-bond donors (Lipinski definition) is 2. The van der Waals surface area contributed by atoms with E-state index in [9.17, 15) is 29.1 Å². The lowest BCUT2D eigenvalue weighted by Crippen LogP contribution is -2.36. The molecule has 1 aromatic heterocycles. The Morgan fingerprint density at radius 1 is 1.10 bits per heavy atom. The molecule has 3 aromatic rings. The molecule has 2 heterocycles. The van der Waals surface area contributed by atoms with Crippen LogP contribution in [0, 0.1) is 0 Å². The number of carboxylic acid groups (broad SMARTS) is 1. The van der Waals surface area contributed by atoms with Crippen molar-refractivity contribution in [2.75, 3.05) is 18.5 Å². The summed E-state index contributed by atoms with van der Waals surface area (Å²) in [5, 5.41) is 11.4. The third-order valence-corrected chi connectivity index (χ3v) is 6.64. The molecule has 0 bridgehead atoms. The number of ether oxygens (including phenoxy) is 1. The number of hydrogen-bond acceptors (Lipinski definition) is 8. The Bertz CT molecular complexity index is 1510. The van der Waals surface area contributed by atoms with E-state index in [0.717, 1.165) is 4.90 Å². The predicted octanol–water partition coefficient (Wildman–Crippen LogP) is 5.54. The quantitative estimate of drug-likeness (QED) is 0.251. The Hall–Kier alpha value is -4.35. The van der Waals surface area contributed by atoms with Gasteiger partial charge in [0.05, 0.1) is 27.7 Å². The van der Waals surface area contributed by atoms with Crippen LogP contribution < -0.4 is 5.32 Å². The van der Waals surface area contributed by atoms with Gasteiger partial charge in [0.2, 0.25) is 5.91 Å². The number of halogens is 1. The molecule has 1 aliphatic heterocycles. The number of nitrogens with one attached hydrogen (secondary N) is 1. The summed E-state index contributed by atoms with van der Waals surface area (Å²) < 4.78 is 10.8. The van der Waals surface area contributed by atoms with Crippen LogP contribution in [-0.2, 0) is 14.3 Å². The molecule has 0 atom stereocenters. The Kier molecular flexibility index (Phi) is 8.52. The van der Waals surface area contributed by atoms with E-state index in [1.165, 1.54) is 36.4 Å². The van der Waals surface area contributed by atoms with Crippen LogP contribution in [0.4, 0.5) is 10.5 Å². The van der Waals surface area contributed by atoms with Gasteiger partial charge in [-0.3, -0.25) is 19.3 Å². The fourth-order valence-corrected chi connectivity index (χ4v) is 4.61. The van der Waals surface area contributed by atoms with Crippen LogP contribution in [0.2, 0.25) is 5.02 Å². The number of furan rings is 1. The molecule has 39 heavy (non-hydrogen) atoms. The molecule has 0 unspecified atom stereocenters. The zero-order valence-electron chi connectivity index (χ0n) is 20.4. The predicted molar refractivity (Wildman–Crippen MR) is 144 cm³/mol. The van der Waals surface area contributed by atoms with E-state index in [2.05, 4.69) is 5.32 Å². The number of esters is 1. The number of aromatic carboxylic acids is 1. The molecule has 1 fully saturated rings. The summed E-state index contributed by atoms with van der Waals surface area (Å²) in [6, 6.07) is 13.6. The second kappa shape index (κ2) is 12.0. The Morgan fingerprint density at radius 2 is 1.87 bits per heavy atom. The molecule has 2 N–H and O–H groups in total. The number of nitrogens with zero attached hydrogens (tertiary/aromatic N) is 1. The lowest BCUT2D eigenvalue weighted by molar-refractivity contribution is -0.127. The van der Waals surface area contributed by atoms with Gasteiger partial charge < -0.3 is 19.6 Å². The maximum absolute atomic E-state index is 12.9. The van der Waals surface area contributed by atoms with Crippen LogP contribution in [0.5, 0.6) is 0 Å². The van der Waals surface area contributed by atoms with Crippen molar-refractivity contribution in [3.05, 3.63) is 81.4 Å². The normalized spacial score (nSPS) is 14.1. The Labute approximate surface area is 231 Å². The van der Waals surface area contributed by atoms with Crippen LogP contribution >= 0.6 is 23.4 Å². The minimum absolute atomic E-state index is 0.0349. The Balaban J connectivity index is 1.44. The van der Waals surface area contributed by atoms with Gasteiger partial charge in [-0.1, -0.05) is 36.7 Å². The second-order valence-corrected chi connectivity index (χ2v) is 9.60. The first-order valence-corrected chi connectivity index (χ1v) is 12.8. The topological polar surface area (TPSA) is 143 Å². The molecular formula is C27H21ClN2O8S. The highest BCUT2D eigenvalue weighted by molar-refractivity contribution is 8.18. The number of carbonyl (C=O) groups is 5. The first-order valence-electron chi connectivity index (χ1n) is 11.6. The maximum atomic E-state index is 12.9. The fraction of sp³-hybridized carbons (Fsp3) is 0.148. The second-order valence-electron chi connectivity index (χ2n) is 8.20. The van der Waals surface area contributed by atoms with Crippen molar-refractivity contribution in [3.63, 3.8) is 0 Å². The fourth-order valence-electron chi connectivity index (χ4n) is 3.60. The SMILES string of the molecule is CCCOC(=O)c1cc(NC(=O)CN2C(=O)S/C(=C\c3ccc(-c4ccccc4C(=O)O)o3)C2=O)ccc1Cl. The van der Waals surface area contributed by atoms with E-state index in [1.54, 1.807) is 24.3 Å². The van der Waals surface area contributed by atoms with Crippen molar-refractivity contribution in [1.82, 2.24) is 4.90 Å². The number of thioether (sulfide) groups is 1. The van der Waals surface area contributed by atoms with Gasteiger partial charge >= 0.3 is 11.9 Å². The number of benzene rings is 2. The van der Waals surface area contributed by atoms with Crippen LogP contribution in [0.3, 0.4) is 0 Å². The van der Waals surface area contributed by atoms with Crippen LogP contribution in [0.15, 0.2) is 63.9 Å². The summed E-state index contributed by atoms with van der Waals surface area (Å²) in [6.45, 7) is 1.50. The molecule has 12 heteroatoms. The zero-order chi connectivity index (χ0) is 28.1. The average molecular weight is 569 g/mol. The number of carboxylic acids is 1. The van der Waals surface area contributed by atoms with Gasteiger partial charge in [0.15, 0.2) is 0 Å². The number of carbonyl (C=O) groups excluding carboxylic acids is 4. The summed E-state index contributed by atoms with van der Waals surface area (Å²) in [7, 11) is 0. The first-order chi connectivity index (χ1) is 18.7. The molecule has 0 radical (unpaired) electrons. The maximum Gasteiger partial charge on any atom is 0.339 e. The standard InChI is InChI=1S/C27H21ClN2O8S/c1-2-11-37-26(35)19-12-15(7-9-20(19)28)29-23(31)14-30-24(32)22(39-27(30)36)13-16-8-10-21(38-16)17-5-3-4-6-18(17)25(33)34/h3-10,12-13H,2,11,14H2,1H3,(H,29,31)(H,33,34)/b22-13-. The van der Waals surface area contributed by atoms with Crippen molar-refractivity contribution < 1.29 is 38.2 Å². The van der Waals surface area contributed by atoms with Crippen molar-refractivity contribution in [2.45, 2.75) is 13.3 Å². The molecule has 4 rings (SSSR count). The highest BCUT2D eigenvalue weighted by atomic mass is 35.5. The molecule has 200 valence electrons. The van der Waals surface area contributed by atoms with Gasteiger partial charge in [-0.15, -0.1) is 0 Å². The van der Waals surface area contributed by atoms with E-state index < -0.39 is 35.5 Å². The molecular weight excluding hydrogens is 548 g/mol. The van der Waals surface area contributed by atoms with Crippen LogP contribution in [0.1, 0.15) is 39.8 Å². The zero-order valence-corrected chi connectivity index (χ0v) is 22.0. The average Bonchev–Trinajstić information content (AvgIpc) is 3.48. The number of rotatable bonds is 9. The summed E-state index contributed by atoms with van der Waals surface area (Å²) in [5.74, 6) is -2.61. The van der Waals surface area contributed by atoms with Crippen molar-refractivity contribution >= 4 is 64.1 Å². The third kappa shape index (κ3) is 6.39. The highest BCUT2D eigenvalue weighted by Crippen LogP contribution is 2.34. The number of imide groups is 1. The molecule has 2 aromatic carbocycles. The van der Waals surface area contributed by atoms with E-state index in [4.69, 9.17) is 20.8 Å². The van der Waals surface area contributed by atoms with Gasteiger partial charge in [-0.2, -0.15) is 0 Å². The van der Waals surface area contributed by atoms with Crippen LogP contribution in [0.25, 0.3) is 17.4 Å². The lowest BCUT2D eigenvalue weighted by atomic mass is 10.1. The number of amides is 3. The third-order valence-electron chi connectivity index (χ3n) is 5.41. The summed E-state index contributed by atoms with van der Waals surface area (Å²) in [5.41, 5.74) is 0.717.